The predicted octanol–water partition coefficient (Wildman–Crippen LogP) is -0.435. The van der Waals surface area contributed by atoms with Gasteiger partial charge in [0.1, 0.15) is 0 Å². The van der Waals surface area contributed by atoms with Gasteiger partial charge < -0.3 is 5.11 Å². The molecule has 48 valence electrons. The Hall–Kier alpha value is -0.550. The molecular formula is C3H7NO3S. The van der Waals surface area contributed by atoms with Gasteiger partial charge in [-0.3, -0.25) is 0 Å². The molecule has 0 aromatic rings. The summed E-state index contributed by atoms with van der Waals surface area (Å²) in [7, 11) is -2.43. The third kappa shape index (κ3) is 1.51. The molecule has 4 nitrogen and oxygen atoms in total. The van der Waals surface area contributed by atoms with Crippen LogP contribution < -0.4 is 4.72 Å². The minimum atomic E-state index is -3.62. The van der Waals surface area contributed by atoms with Gasteiger partial charge in [0.25, 0.3) is 10.0 Å². The predicted molar refractivity (Wildman–Crippen MR) is 29.7 cm³/mol. The Kier molecular flexibility index (Phi) is 2.00. The summed E-state index contributed by atoms with van der Waals surface area (Å²) in [4.78, 5) is 0. The van der Waals surface area contributed by atoms with Crippen LogP contribution in [0.2, 0.25) is 0 Å². The van der Waals surface area contributed by atoms with Crippen molar-refractivity contribution < 1.29 is 13.5 Å². The molecule has 0 radical (unpaired) electrons. The topological polar surface area (TPSA) is 66.4 Å². The Morgan fingerprint density at radius 3 is 2.12 bits per heavy atom. The molecule has 0 saturated heterocycles. The Balaban J connectivity index is 4.42. The first-order valence-electron chi connectivity index (χ1n) is 1.82. The Labute approximate surface area is 47.9 Å². The highest BCUT2D eigenvalue weighted by Gasteiger charge is 2.08. The zero-order valence-corrected chi connectivity index (χ0v) is 5.20. The third-order valence-corrected chi connectivity index (χ3v) is 1.74. The number of hydrogen-bond acceptors (Lipinski definition) is 3. The molecule has 0 aromatic heterocycles. The molecule has 2 N–H and O–H groups in total. The standard InChI is InChI=1S/C3H7NO3S/c1-3(5)8(6,7)4-2/h4-5H,1H2,2H3. The van der Waals surface area contributed by atoms with Crippen molar-refractivity contribution in [2.45, 2.75) is 0 Å². The maximum absolute atomic E-state index is 10.2. The first kappa shape index (κ1) is 7.45. The minimum Gasteiger partial charge on any atom is -0.498 e. The first-order valence-corrected chi connectivity index (χ1v) is 3.30. The van der Waals surface area contributed by atoms with Gasteiger partial charge in [0, 0.05) is 0 Å². The van der Waals surface area contributed by atoms with Gasteiger partial charge in [0.15, 0.2) is 0 Å². The lowest BCUT2D eigenvalue weighted by Crippen LogP contribution is -2.19. The maximum atomic E-state index is 10.2. The van der Waals surface area contributed by atoms with Crippen LogP contribution in [-0.4, -0.2) is 20.6 Å². The zero-order valence-electron chi connectivity index (χ0n) is 4.38. The molecule has 0 aromatic carbocycles. The van der Waals surface area contributed by atoms with E-state index in [1.54, 1.807) is 0 Å². The number of sulfonamides is 1. The zero-order chi connectivity index (χ0) is 6.78. The first-order chi connectivity index (χ1) is 3.50. The largest absolute Gasteiger partial charge is 0.498 e. The van der Waals surface area contributed by atoms with E-state index in [-0.39, 0.29) is 0 Å². The van der Waals surface area contributed by atoms with Gasteiger partial charge >= 0.3 is 0 Å². The number of nitrogens with one attached hydrogen (secondary N) is 1. The summed E-state index contributed by atoms with van der Waals surface area (Å²) in [5.74, 6) is 0. The van der Waals surface area contributed by atoms with Crippen molar-refractivity contribution in [3.05, 3.63) is 11.7 Å². The van der Waals surface area contributed by atoms with Crippen molar-refractivity contribution in [1.82, 2.24) is 4.72 Å². The highest BCUT2D eigenvalue weighted by Crippen LogP contribution is 1.91. The Bertz CT molecular complexity index is 181. The molecule has 0 aliphatic carbocycles. The quantitative estimate of drug-likeness (QED) is 0.507. The van der Waals surface area contributed by atoms with Crippen LogP contribution in [0.4, 0.5) is 0 Å². The van der Waals surface area contributed by atoms with Gasteiger partial charge in [0.2, 0.25) is 5.09 Å². The second-order valence-electron chi connectivity index (χ2n) is 1.10. The van der Waals surface area contributed by atoms with Crippen molar-refractivity contribution in [2.75, 3.05) is 7.05 Å². The van der Waals surface area contributed by atoms with Gasteiger partial charge in [0.05, 0.1) is 0 Å². The number of hydrogen-bond donors (Lipinski definition) is 2. The summed E-state index contributed by atoms with van der Waals surface area (Å²) in [5, 5.41) is 7.37. The van der Waals surface area contributed by atoms with Crippen LogP contribution in [0.5, 0.6) is 0 Å². The minimum absolute atomic E-state index is 0.861. The molecule has 8 heavy (non-hydrogen) atoms. The van der Waals surface area contributed by atoms with E-state index in [2.05, 4.69) is 6.58 Å². The molecule has 0 amide bonds. The highest BCUT2D eigenvalue weighted by molar-refractivity contribution is 7.93. The average Bonchev–Trinajstić information content (AvgIpc) is 1.67. The highest BCUT2D eigenvalue weighted by atomic mass is 32.2. The molecular weight excluding hydrogens is 130 g/mol. The van der Waals surface area contributed by atoms with Gasteiger partial charge in [-0.2, -0.15) is 0 Å². The third-order valence-electron chi connectivity index (χ3n) is 0.579. The SMILES string of the molecule is C=C(O)S(=O)(=O)NC. The molecule has 0 fully saturated rings. The number of aliphatic hydroxyl groups is 1. The fraction of sp³-hybridized carbons (Fsp3) is 0.333. The maximum Gasteiger partial charge on any atom is 0.272 e. The summed E-state index contributed by atoms with van der Waals surface area (Å²) in [6, 6.07) is 0. The van der Waals surface area contributed by atoms with Crippen molar-refractivity contribution in [3.8, 4) is 0 Å². The molecule has 0 bridgehead atoms. The average molecular weight is 137 g/mol. The normalized spacial score (nSPS) is 11.1. The van der Waals surface area contributed by atoms with E-state index in [4.69, 9.17) is 5.11 Å². The smallest absolute Gasteiger partial charge is 0.272 e. The van der Waals surface area contributed by atoms with Crippen LogP contribution >= 0.6 is 0 Å². The molecule has 0 saturated carbocycles. The second kappa shape index (κ2) is 2.15. The summed E-state index contributed by atoms with van der Waals surface area (Å²) in [6.45, 7) is 2.80. The molecule has 0 atom stereocenters. The van der Waals surface area contributed by atoms with E-state index in [9.17, 15) is 8.42 Å². The number of rotatable bonds is 2. The van der Waals surface area contributed by atoms with E-state index in [0.29, 0.717) is 0 Å². The summed E-state index contributed by atoms with van der Waals surface area (Å²) in [5.41, 5.74) is 0. The van der Waals surface area contributed by atoms with Gasteiger partial charge in [-0.15, -0.1) is 0 Å². The van der Waals surface area contributed by atoms with Crippen molar-refractivity contribution in [1.29, 1.82) is 0 Å². The molecule has 0 aliphatic heterocycles. The molecule has 0 rings (SSSR count). The van der Waals surface area contributed by atoms with Gasteiger partial charge in [-0.05, 0) is 13.6 Å². The monoisotopic (exact) mass is 137 g/mol. The van der Waals surface area contributed by atoms with Crippen LogP contribution in [0, 0.1) is 0 Å². The lowest BCUT2D eigenvalue weighted by molar-refractivity contribution is 0.439. The molecule has 0 aliphatic rings. The van der Waals surface area contributed by atoms with Crippen LogP contribution in [0.15, 0.2) is 11.7 Å². The lowest BCUT2D eigenvalue weighted by atomic mass is 11.2. The van der Waals surface area contributed by atoms with E-state index in [0.717, 1.165) is 0 Å². The molecule has 0 unspecified atom stereocenters. The summed E-state index contributed by atoms with van der Waals surface area (Å²) < 4.78 is 22.3. The van der Waals surface area contributed by atoms with Crippen LogP contribution in [0.1, 0.15) is 0 Å². The van der Waals surface area contributed by atoms with Crippen LogP contribution in [0.3, 0.4) is 0 Å². The summed E-state index contributed by atoms with van der Waals surface area (Å²) >= 11 is 0. The molecule has 0 spiro atoms. The van der Waals surface area contributed by atoms with Gasteiger partial charge in [-0.25, -0.2) is 13.1 Å². The Morgan fingerprint density at radius 2 is 2.12 bits per heavy atom. The molecule has 5 heteroatoms. The van der Waals surface area contributed by atoms with E-state index in [1.165, 1.54) is 7.05 Å². The van der Waals surface area contributed by atoms with Crippen molar-refractivity contribution >= 4 is 10.0 Å². The van der Waals surface area contributed by atoms with E-state index >= 15 is 0 Å². The second-order valence-corrected chi connectivity index (χ2v) is 2.99. The van der Waals surface area contributed by atoms with Gasteiger partial charge in [-0.1, -0.05) is 0 Å². The fourth-order valence-electron chi connectivity index (χ4n) is 0.118. The summed E-state index contributed by atoms with van der Waals surface area (Å²) in [6.07, 6.45) is 0. The van der Waals surface area contributed by atoms with E-state index < -0.39 is 15.1 Å². The van der Waals surface area contributed by atoms with Crippen molar-refractivity contribution in [3.63, 3.8) is 0 Å². The van der Waals surface area contributed by atoms with Crippen molar-refractivity contribution in [2.24, 2.45) is 0 Å². The molecule has 0 heterocycles. The van der Waals surface area contributed by atoms with E-state index in [1.807, 2.05) is 4.72 Å². The lowest BCUT2D eigenvalue weighted by Gasteiger charge is -1.95. The Morgan fingerprint density at radius 1 is 1.75 bits per heavy atom. The number of aliphatic hydroxyl groups excluding tert-OH is 1. The van der Waals surface area contributed by atoms with Crippen LogP contribution in [0.25, 0.3) is 0 Å². The fourth-order valence-corrected chi connectivity index (χ4v) is 0.353. The van der Waals surface area contributed by atoms with Crippen LogP contribution in [-0.2, 0) is 10.0 Å².